The second kappa shape index (κ2) is 10.9. The predicted molar refractivity (Wildman–Crippen MR) is 140 cm³/mol. The maximum Gasteiger partial charge on any atom is 0.326 e. The summed E-state index contributed by atoms with van der Waals surface area (Å²) in [4.78, 5) is 41.0. The Hall–Kier alpha value is -2.79. The van der Waals surface area contributed by atoms with Gasteiger partial charge in [0.15, 0.2) is 0 Å². The molecule has 0 aliphatic carbocycles. The summed E-state index contributed by atoms with van der Waals surface area (Å²) < 4.78 is 1.31. The van der Waals surface area contributed by atoms with Crippen LogP contribution in [0.2, 0.25) is 0 Å². The van der Waals surface area contributed by atoms with Crippen molar-refractivity contribution in [2.24, 2.45) is 0 Å². The number of aliphatic carboxylic acids is 1. The van der Waals surface area contributed by atoms with Gasteiger partial charge in [-0.1, -0.05) is 18.2 Å². The lowest BCUT2D eigenvalue weighted by molar-refractivity contribution is -0.139. The normalized spacial score (nSPS) is 17.3. The van der Waals surface area contributed by atoms with Crippen LogP contribution >= 0.6 is 31.9 Å². The van der Waals surface area contributed by atoms with Gasteiger partial charge in [-0.2, -0.15) is 0 Å². The minimum absolute atomic E-state index is 0.0214. The number of carbonyl (C=O) groups is 3. The van der Waals surface area contributed by atoms with E-state index in [0.29, 0.717) is 47.1 Å². The number of carboxylic acid groups (broad SMARTS) is 1. The fourth-order valence-electron chi connectivity index (χ4n) is 4.55. The van der Waals surface area contributed by atoms with Crippen LogP contribution < -0.4 is 16.4 Å². The summed E-state index contributed by atoms with van der Waals surface area (Å²) in [5.74, 6) is -1.11. The smallest absolute Gasteiger partial charge is 0.326 e. The van der Waals surface area contributed by atoms with E-state index < -0.39 is 18.0 Å². The van der Waals surface area contributed by atoms with E-state index in [4.69, 9.17) is 5.73 Å². The van der Waals surface area contributed by atoms with Gasteiger partial charge < -0.3 is 31.3 Å². The third kappa shape index (κ3) is 5.90. The number of piperidine rings is 1. The monoisotopic (exact) mass is 607 g/mol. The molecule has 2 aromatic rings. The standard InChI is InChI=1S/C24H27Br2N5O4/c25-17-11-14(12-18(26)21(17)27)13-20(22(32)33)29-23(34)30-8-6-16(7-9-30)31-10-5-15-3-1-2-4-19(15)28-24(31)35/h1-4,11-12,16,20H,5-10,13,27H2,(H,28,35)(H,29,34)(H,32,33)/t20-/m1/s1. The van der Waals surface area contributed by atoms with Gasteiger partial charge in [0, 0.05) is 46.7 Å². The Kier molecular flexibility index (Phi) is 7.85. The minimum Gasteiger partial charge on any atom is -0.480 e. The van der Waals surface area contributed by atoms with Crippen molar-refractivity contribution < 1.29 is 19.5 Å². The van der Waals surface area contributed by atoms with E-state index in [0.717, 1.165) is 23.2 Å². The number of anilines is 2. The Morgan fingerprint density at radius 3 is 2.46 bits per heavy atom. The highest BCUT2D eigenvalue weighted by molar-refractivity contribution is 9.11. The number of rotatable bonds is 5. The van der Waals surface area contributed by atoms with Crippen molar-refractivity contribution in [3.8, 4) is 0 Å². The first-order valence-corrected chi connectivity index (χ1v) is 13.0. The minimum atomic E-state index is -1.11. The summed E-state index contributed by atoms with van der Waals surface area (Å²) in [6, 6.07) is 9.69. The number of para-hydroxylation sites is 1. The second-order valence-electron chi connectivity index (χ2n) is 8.77. The molecule has 2 aliphatic rings. The molecular weight excluding hydrogens is 582 g/mol. The lowest BCUT2D eigenvalue weighted by atomic mass is 10.0. The fraction of sp³-hybridized carbons (Fsp3) is 0.375. The van der Waals surface area contributed by atoms with Gasteiger partial charge in [0.2, 0.25) is 0 Å². The average molecular weight is 609 g/mol. The highest BCUT2D eigenvalue weighted by Crippen LogP contribution is 2.30. The van der Waals surface area contributed by atoms with Gasteiger partial charge in [-0.15, -0.1) is 0 Å². The van der Waals surface area contributed by atoms with Crippen molar-refractivity contribution in [1.29, 1.82) is 0 Å². The number of carboxylic acids is 1. The molecule has 1 atom stereocenters. The fourth-order valence-corrected chi connectivity index (χ4v) is 5.83. The number of hydrogen-bond acceptors (Lipinski definition) is 4. The van der Waals surface area contributed by atoms with Gasteiger partial charge in [-0.25, -0.2) is 14.4 Å². The van der Waals surface area contributed by atoms with Gasteiger partial charge in [-0.3, -0.25) is 0 Å². The molecule has 0 bridgehead atoms. The molecule has 5 N–H and O–H groups in total. The zero-order chi connectivity index (χ0) is 25.1. The summed E-state index contributed by atoms with van der Waals surface area (Å²) in [6.45, 7) is 1.50. The van der Waals surface area contributed by atoms with E-state index in [2.05, 4.69) is 42.5 Å². The van der Waals surface area contributed by atoms with Crippen molar-refractivity contribution in [3.05, 3.63) is 56.5 Å². The van der Waals surface area contributed by atoms with Gasteiger partial charge >= 0.3 is 18.0 Å². The first kappa shape index (κ1) is 25.3. The lowest BCUT2D eigenvalue weighted by Gasteiger charge is -2.38. The summed E-state index contributed by atoms with van der Waals surface area (Å²) >= 11 is 6.73. The number of fused-ring (bicyclic) bond motifs is 1. The quantitative estimate of drug-likeness (QED) is 0.381. The van der Waals surface area contributed by atoms with E-state index in [1.807, 2.05) is 29.2 Å². The van der Waals surface area contributed by atoms with E-state index in [-0.39, 0.29) is 18.5 Å². The molecule has 2 aromatic carbocycles. The number of amides is 4. The number of nitrogen functional groups attached to an aromatic ring is 1. The molecule has 0 radical (unpaired) electrons. The van der Waals surface area contributed by atoms with E-state index in [1.165, 1.54) is 0 Å². The molecule has 1 saturated heterocycles. The Bertz CT molecular complexity index is 1110. The molecule has 0 saturated carbocycles. The van der Waals surface area contributed by atoms with Crippen LogP contribution in [0.3, 0.4) is 0 Å². The summed E-state index contributed by atoms with van der Waals surface area (Å²) in [7, 11) is 0. The molecule has 9 nitrogen and oxygen atoms in total. The molecule has 2 aliphatic heterocycles. The van der Waals surface area contributed by atoms with Crippen molar-refractivity contribution in [1.82, 2.24) is 15.1 Å². The van der Waals surface area contributed by atoms with Gasteiger partial charge in [0.05, 0.1) is 5.69 Å². The van der Waals surface area contributed by atoms with Crippen LogP contribution in [0.15, 0.2) is 45.3 Å². The van der Waals surface area contributed by atoms with Gasteiger partial charge in [-0.05, 0) is 80.4 Å². The summed E-state index contributed by atoms with van der Waals surface area (Å²) in [6.07, 6.45) is 2.15. The van der Waals surface area contributed by atoms with Crippen LogP contribution in [-0.4, -0.2) is 64.7 Å². The molecule has 11 heteroatoms. The third-order valence-electron chi connectivity index (χ3n) is 6.51. The Morgan fingerprint density at radius 2 is 1.80 bits per heavy atom. The van der Waals surface area contributed by atoms with Crippen molar-refractivity contribution in [3.63, 3.8) is 0 Å². The zero-order valence-electron chi connectivity index (χ0n) is 19.0. The molecule has 1 fully saturated rings. The van der Waals surface area contributed by atoms with Gasteiger partial charge in [0.25, 0.3) is 0 Å². The molecule has 4 amide bonds. The summed E-state index contributed by atoms with van der Waals surface area (Å²) in [5.41, 5.74) is 9.11. The molecule has 186 valence electrons. The van der Waals surface area contributed by atoms with Crippen molar-refractivity contribution in [2.45, 2.75) is 37.8 Å². The number of hydrogen-bond donors (Lipinski definition) is 4. The summed E-state index contributed by atoms with van der Waals surface area (Å²) in [5, 5.41) is 15.3. The first-order chi connectivity index (χ1) is 16.7. The zero-order valence-corrected chi connectivity index (χ0v) is 22.1. The van der Waals surface area contributed by atoms with Crippen LogP contribution in [-0.2, 0) is 17.6 Å². The van der Waals surface area contributed by atoms with E-state index >= 15 is 0 Å². The van der Waals surface area contributed by atoms with Crippen LogP contribution in [0.25, 0.3) is 0 Å². The Labute approximate surface area is 220 Å². The number of nitrogens with two attached hydrogens (primary N) is 1. The van der Waals surface area contributed by atoms with Crippen LogP contribution in [0.5, 0.6) is 0 Å². The van der Waals surface area contributed by atoms with Crippen molar-refractivity contribution in [2.75, 3.05) is 30.7 Å². The maximum absolute atomic E-state index is 12.9. The maximum atomic E-state index is 12.9. The average Bonchev–Trinajstić information content (AvgIpc) is 3.00. The van der Waals surface area contributed by atoms with Crippen molar-refractivity contribution >= 4 is 61.3 Å². The third-order valence-corrected chi connectivity index (χ3v) is 7.82. The Morgan fingerprint density at radius 1 is 1.14 bits per heavy atom. The molecule has 2 heterocycles. The topological polar surface area (TPSA) is 128 Å². The van der Waals surface area contributed by atoms with Crippen LogP contribution in [0.4, 0.5) is 21.0 Å². The molecular formula is C24H27Br2N5O4. The van der Waals surface area contributed by atoms with E-state index in [9.17, 15) is 19.5 Å². The largest absolute Gasteiger partial charge is 0.480 e. The SMILES string of the molecule is Nc1c(Br)cc(C[C@@H](NC(=O)N2CCC(N3CCc4ccccc4NC3=O)CC2)C(=O)O)cc1Br. The van der Waals surface area contributed by atoms with Gasteiger partial charge in [0.1, 0.15) is 6.04 Å². The van der Waals surface area contributed by atoms with E-state index in [1.54, 1.807) is 17.0 Å². The molecule has 0 aromatic heterocycles. The number of urea groups is 2. The number of nitrogens with zero attached hydrogens (tertiary/aromatic N) is 2. The Balaban J connectivity index is 1.33. The molecule has 0 spiro atoms. The number of halogens is 2. The highest BCUT2D eigenvalue weighted by atomic mass is 79.9. The molecule has 0 unspecified atom stereocenters. The van der Waals surface area contributed by atoms with Crippen LogP contribution in [0, 0.1) is 0 Å². The highest BCUT2D eigenvalue weighted by Gasteiger charge is 2.32. The first-order valence-electron chi connectivity index (χ1n) is 11.4. The number of likely N-dealkylation sites (tertiary alicyclic amines) is 1. The predicted octanol–water partition coefficient (Wildman–Crippen LogP) is 4.05. The molecule has 4 rings (SSSR count). The number of benzene rings is 2. The number of carbonyl (C=O) groups excluding carboxylic acids is 2. The molecule has 35 heavy (non-hydrogen) atoms. The number of nitrogens with one attached hydrogen (secondary N) is 2. The lowest BCUT2D eigenvalue weighted by Crippen LogP contribution is -2.54. The van der Waals surface area contributed by atoms with Crippen LogP contribution in [0.1, 0.15) is 24.0 Å². The second-order valence-corrected chi connectivity index (χ2v) is 10.5.